The summed E-state index contributed by atoms with van der Waals surface area (Å²) < 4.78 is 1.86. The number of aliphatic imine (C=N–C) groups is 1. The minimum atomic E-state index is -0.396. The third kappa shape index (κ3) is 3.58. The molecule has 0 aliphatic rings. The largest absolute Gasteiger partial charge is 0.350 e. The van der Waals surface area contributed by atoms with Gasteiger partial charge in [-0.3, -0.25) is 9.79 Å². The maximum absolute atomic E-state index is 12.7. The van der Waals surface area contributed by atoms with E-state index in [1.807, 2.05) is 41.9 Å². The molecule has 0 saturated carbocycles. The Morgan fingerprint density at radius 2 is 1.88 bits per heavy atom. The number of halogens is 2. The van der Waals surface area contributed by atoms with Crippen LogP contribution in [0.1, 0.15) is 15.9 Å². The number of rotatable bonds is 4. The Balaban J connectivity index is 1.94. The van der Waals surface area contributed by atoms with Gasteiger partial charge in [0.15, 0.2) is 5.71 Å². The van der Waals surface area contributed by atoms with E-state index in [9.17, 15) is 10.1 Å². The summed E-state index contributed by atoms with van der Waals surface area (Å²) in [5.74, 6) is -0.396. The van der Waals surface area contributed by atoms with E-state index in [1.165, 1.54) is 0 Å². The third-order valence-corrected chi connectivity index (χ3v) is 4.24. The number of carbonyl (C=O) groups excluding carboxylic acids is 1. The molecule has 0 saturated heterocycles. The van der Waals surface area contributed by atoms with Gasteiger partial charge in [-0.15, -0.1) is 0 Å². The number of hydrogen-bond donors (Lipinski definition) is 0. The quantitative estimate of drug-likeness (QED) is 0.488. The molecule has 0 amide bonds. The molecule has 0 aliphatic carbocycles. The number of ketones is 1. The van der Waals surface area contributed by atoms with Crippen molar-refractivity contribution in [1.82, 2.24) is 4.57 Å². The highest BCUT2D eigenvalue weighted by Gasteiger charge is 2.19. The number of benzene rings is 2. The van der Waals surface area contributed by atoms with Gasteiger partial charge in [-0.05, 0) is 29.8 Å². The van der Waals surface area contributed by atoms with Crippen molar-refractivity contribution in [1.29, 1.82) is 5.26 Å². The van der Waals surface area contributed by atoms with Gasteiger partial charge >= 0.3 is 0 Å². The summed E-state index contributed by atoms with van der Waals surface area (Å²) in [5, 5.41) is 11.1. The molecule has 4 nitrogen and oxygen atoms in total. The van der Waals surface area contributed by atoms with Crippen molar-refractivity contribution < 1.29 is 4.79 Å². The van der Waals surface area contributed by atoms with Crippen molar-refractivity contribution >= 4 is 45.6 Å². The van der Waals surface area contributed by atoms with Crippen LogP contribution >= 0.6 is 23.2 Å². The third-order valence-electron chi connectivity index (χ3n) is 3.80. The molecule has 0 spiro atoms. The number of aryl methyl sites for hydroxylation is 1. The summed E-state index contributed by atoms with van der Waals surface area (Å²) in [5.41, 5.74) is 1.97. The van der Waals surface area contributed by atoms with Crippen LogP contribution in [0.25, 0.3) is 10.9 Å². The van der Waals surface area contributed by atoms with Crippen molar-refractivity contribution in [3.63, 3.8) is 0 Å². The Morgan fingerprint density at radius 1 is 1.20 bits per heavy atom. The molecular weight excluding hydrogens is 357 g/mol. The number of hydrogen-bond acceptors (Lipinski definition) is 3. The fraction of sp³-hybridized carbons (Fsp3) is 0.105. The fourth-order valence-electron chi connectivity index (χ4n) is 2.68. The normalized spacial score (nSPS) is 11.5. The van der Waals surface area contributed by atoms with Crippen LogP contribution in [0.3, 0.4) is 0 Å². The SMILES string of the molecule is Cn1cc(C(=O)C(C#N)=NCc2cc(Cl)cc(Cl)c2)c2ccccc21. The molecule has 3 rings (SSSR count). The van der Waals surface area contributed by atoms with Crippen LogP contribution in [0.15, 0.2) is 53.7 Å². The molecule has 0 aliphatic heterocycles. The standard InChI is InChI=1S/C19H13Cl2N3O/c1-24-11-16(15-4-2-3-5-18(15)24)19(25)17(9-22)23-10-12-6-13(20)8-14(21)7-12/h2-8,11H,10H2,1H3. The monoisotopic (exact) mass is 369 g/mol. The second-order valence-corrected chi connectivity index (χ2v) is 6.43. The van der Waals surface area contributed by atoms with E-state index in [0.717, 1.165) is 16.5 Å². The minimum Gasteiger partial charge on any atom is -0.350 e. The number of aromatic nitrogens is 1. The molecule has 0 bridgehead atoms. The Bertz CT molecular complexity index is 1020. The van der Waals surface area contributed by atoms with E-state index < -0.39 is 5.78 Å². The molecule has 0 radical (unpaired) electrons. The van der Waals surface area contributed by atoms with E-state index in [4.69, 9.17) is 23.2 Å². The van der Waals surface area contributed by atoms with Crippen LogP contribution in [0, 0.1) is 11.3 Å². The van der Waals surface area contributed by atoms with Crippen LogP contribution in [-0.4, -0.2) is 16.1 Å². The topological polar surface area (TPSA) is 58.1 Å². The van der Waals surface area contributed by atoms with Gasteiger partial charge in [0.1, 0.15) is 6.07 Å². The summed E-state index contributed by atoms with van der Waals surface area (Å²) in [4.78, 5) is 16.9. The molecule has 0 N–H and O–H groups in total. The van der Waals surface area contributed by atoms with Crippen molar-refractivity contribution in [2.24, 2.45) is 12.0 Å². The number of para-hydroxylation sites is 1. The van der Waals surface area contributed by atoms with E-state index in [-0.39, 0.29) is 12.3 Å². The summed E-state index contributed by atoms with van der Waals surface area (Å²) >= 11 is 11.9. The Kier molecular flexibility index (Phi) is 4.89. The molecule has 2 aromatic carbocycles. The highest BCUT2D eigenvalue weighted by atomic mass is 35.5. The van der Waals surface area contributed by atoms with Gasteiger partial charge in [0.05, 0.1) is 12.1 Å². The number of nitriles is 1. The first-order valence-electron chi connectivity index (χ1n) is 7.48. The lowest BCUT2D eigenvalue weighted by Crippen LogP contribution is -2.12. The van der Waals surface area contributed by atoms with Crippen molar-refractivity contribution in [3.8, 4) is 6.07 Å². The zero-order chi connectivity index (χ0) is 18.0. The van der Waals surface area contributed by atoms with Crippen LogP contribution in [0.4, 0.5) is 0 Å². The Hall–Kier alpha value is -2.61. The first kappa shape index (κ1) is 17.2. The number of Topliss-reactive ketones (excluding diaryl/α,β-unsaturated/α-hetero) is 1. The lowest BCUT2D eigenvalue weighted by atomic mass is 10.1. The number of nitrogens with zero attached hydrogens (tertiary/aromatic N) is 3. The second kappa shape index (κ2) is 7.10. The smallest absolute Gasteiger partial charge is 0.223 e. The first-order valence-corrected chi connectivity index (χ1v) is 8.23. The summed E-state index contributed by atoms with van der Waals surface area (Å²) in [7, 11) is 1.86. The molecule has 1 heterocycles. The molecule has 124 valence electrons. The average molecular weight is 370 g/mol. The van der Waals surface area contributed by atoms with E-state index in [1.54, 1.807) is 24.4 Å². The summed E-state index contributed by atoms with van der Waals surface area (Å²) in [6, 6.07) is 14.5. The van der Waals surface area contributed by atoms with Crippen LogP contribution in [-0.2, 0) is 13.6 Å². The molecule has 0 fully saturated rings. The van der Waals surface area contributed by atoms with E-state index in [0.29, 0.717) is 15.6 Å². The highest BCUT2D eigenvalue weighted by Crippen LogP contribution is 2.22. The summed E-state index contributed by atoms with van der Waals surface area (Å²) in [6.45, 7) is 0.152. The van der Waals surface area contributed by atoms with Gasteiger partial charge in [0.2, 0.25) is 5.78 Å². The molecular formula is C19H13Cl2N3O. The Morgan fingerprint density at radius 3 is 2.56 bits per heavy atom. The maximum atomic E-state index is 12.7. The molecule has 3 aromatic rings. The van der Waals surface area contributed by atoms with Gasteiger partial charge in [0.25, 0.3) is 0 Å². The highest BCUT2D eigenvalue weighted by molar-refractivity contribution is 6.52. The van der Waals surface area contributed by atoms with Gasteiger partial charge < -0.3 is 4.57 Å². The predicted molar refractivity (Wildman–Crippen MR) is 100 cm³/mol. The van der Waals surface area contributed by atoms with E-state index >= 15 is 0 Å². The zero-order valence-corrected chi connectivity index (χ0v) is 14.8. The van der Waals surface area contributed by atoms with Gasteiger partial charge in [-0.1, -0.05) is 41.4 Å². The second-order valence-electron chi connectivity index (χ2n) is 5.55. The lowest BCUT2D eigenvalue weighted by molar-refractivity contribution is 0.106. The van der Waals surface area contributed by atoms with Gasteiger partial charge in [0, 0.05) is 34.2 Å². The van der Waals surface area contributed by atoms with Crippen LogP contribution in [0.2, 0.25) is 10.0 Å². The fourth-order valence-corrected chi connectivity index (χ4v) is 3.25. The predicted octanol–water partition coefficient (Wildman–Crippen LogP) is 4.83. The molecule has 6 heteroatoms. The molecule has 0 atom stereocenters. The minimum absolute atomic E-state index is 0.146. The van der Waals surface area contributed by atoms with Crippen LogP contribution < -0.4 is 0 Å². The van der Waals surface area contributed by atoms with Crippen molar-refractivity contribution in [2.45, 2.75) is 6.54 Å². The van der Waals surface area contributed by atoms with Crippen LogP contribution in [0.5, 0.6) is 0 Å². The number of fused-ring (bicyclic) bond motifs is 1. The zero-order valence-electron chi connectivity index (χ0n) is 13.3. The Labute approximate surface area is 154 Å². The molecule has 1 aromatic heterocycles. The van der Waals surface area contributed by atoms with Crippen molar-refractivity contribution in [3.05, 3.63) is 69.8 Å². The maximum Gasteiger partial charge on any atom is 0.223 e. The number of carbonyl (C=O) groups is 1. The van der Waals surface area contributed by atoms with Crippen molar-refractivity contribution in [2.75, 3.05) is 0 Å². The summed E-state index contributed by atoms with van der Waals surface area (Å²) in [6.07, 6.45) is 1.72. The molecule has 0 unspecified atom stereocenters. The lowest BCUT2D eigenvalue weighted by Gasteiger charge is -2.01. The first-order chi connectivity index (χ1) is 12.0. The van der Waals surface area contributed by atoms with Gasteiger partial charge in [-0.25, -0.2) is 0 Å². The van der Waals surface area contributed by atoms with Gasteiger partial charge in [-0.2, -0.15) is 5.26 Å². The van der Waals surface area contributed by atoms with E-state index in [2.05, 4.69) is 4.99 Å². The average Bonchev–Trinajstić information content (AvgIpc) is 2.92. The molecule has 25 heavy (non-hydrogen) atoms.